The van der Waals surface area contributed by atoms with Crippen molar-refractivity contribution in [3.05, 3.63) is 48.1 Å². The van der Waals surface area contributed by atoms with Crippen LogP contribution in [0.3, 0.4) is 0 Å². The third-order valence-corrected chi connectivity index (χ3v) is 3.96. The Morgan fingerprint density at radius 1 is 1.27 bits per heavy atom. The number of methoxy groups -OCH3 is 1. The Morgan fingerprint density at radius 2 is 2.00 bits per heavy atom. The Bertz CT molecular complexity index is 617. The molecule has 0 N–H and O–H groups in total. The third kappa shape index (κ3) is 6.58. The van der Waals surface area contributed by atoms with Gasteiger partial charge in [-0.3, -0.25) is 0 Å². The molecule has 1 rings (SSSR count). The van der Waals surface area contributed by atoms with Crippen LogP contribution in [-0.2, 0) is 11.2 Å². The van der Waals surface area contributed by atoms with Crippen molar-refractivity contribution in [2.45, 2.75) is 40.5 Å². The number of benzene rings is 1. The van der Waals surface area contributed by atoms with Crippen LogP contribution in [-0.4, -0.2) is 26.3 Å². The van der Waals surface area contributed by atoms with Crippen molar-refractivity contribution < 1.29 is 19.0 Å². The molecule has 4 heteroatoms. The lowest BCUT2D eigenvalue weighted by Gasteiger charge is -2.18. The van der Waals surface area contributed by atoms with Crippen LogP contribution >= 0.6 is 0 Å². The Morgan fingerprint density at radius 3 is 2.58 bits per heavy atom. The van der Waals surface area contributed by atoms with Crippen LogP contribution in [0.1, 0.15) is 50.0 Å². The molecule has 0 aliphatic rings. The second-order valence-corrected chi connectivity index (χ2v) is 6.76. The van der Waals surface area contributed by atoms with Crippen molar-refractivity contribution in [3.8, 4) is 11.5 Å². The first-order valence-corrected chi connectivity index (χ1v) is 9.18. The number of esters is 1. The molecule has 0 saturated heterocycles. The molecule has 4 nitrogen and oxygen atoms in total. The van der Waals surface area contributed by atoms with Gasteiger partial charge in [0.25, 0.3) is 0 Å². The lowest BCUT2D eigenvalue weighted by atomic mass is 9.99. The predicted molar refractivity (Wildman–Crippen MR) is 106 cm³/mol. The number of rotatable bonds is 11. The molecule has 1 atom stereocenters. The fourth-order valence-corrected chi connectivity index (χ4v) is 2.61. The SMILES string of the molecule is C=CCOc1ccc(CCC(C)C)c(OC)c1C(=O)OCC(C)/C=C/C. The van der Waals surface area contributed by atoms with Crippen LogP contribution in [0.15, 0.2) is 36.9 Å². The summed E-state index contributed by atoms with van der Waals surface area (Å²) in [4.78, 5) is 12.8. The van der Waals surface area contributed by atoms with Crippen LogP contribution in [0.4, 0.5) is 0 Å². The van der Waals surface area contributed by atoms with Crippen molar-refractivity contribution in [3.63, 3.8) is 0 Å². The number of ether oxygens (including phenoxy) is 3. The van der Waals surface area contributed by atoms with E-state index in [9.17, 15) is 4.79 Å². The number of carbonyl (C=O) groups excluding carboxylic acids is 1. The van der Waals surface area contributed by atoms with Gasteiger partial charge in [-0.2, -0.15) is 0 Å². The molecule has 0 radical (unpaired) electrons. The summed E-state index contributed by atoms with van der Waals surface area (Å²) in [7, 11) is 1.57. The van der Waals surface area contributed by atoms with Gasteiger partial charge in [0, 0.05) is 5.92 Å². The first-order valence-electron chi connectivity index (χ1n) is 9.18. The largest absolute Gasteiger partial charge is 0.495 e. The Labute approximate surface area is 157 Å². The minimum Gasteiger partial charge on any atom is -0.495 e. The minimum absolute atomic E-state index is 0.150. The number of carbonyl (C=O) groups is 1. The molecule has 0 aliphatic carbocycles. The molecule has 0 fully saturated rings. The van der Waals surface area contributed by atoms with Gasteiger partial charge in [0.05, 0.1) is 13.7 Å². The fourth-order valence-electron chi connectivity index (χ4n) is 2.61. The fraction of sp³-hybridized carbons (Fsp3) is 0.500. The van der Waals surface area contributed by atoms with E-state index in [1.54, 1.807) is 13.2 Å². The second kappa shape index (κ2) is 11.4. The number of hydrogen-bond donors (Lipinski definition) is 0. The van der Waals surface area contributed by atoms with Gasteiger partial charge in [0.2, 0.25) is 0 Å². The molecule has 0 heterocycles. The maximum absolute atomic E-state index is 12.8. The molecule has 26 heavy (non-hydrogen) atoms. The van der Waals surface area contributed by atoms with Crippen LogP contribution in [0.25, 0.3) is 0 Å². The first kappa shape index (κ1) is 21.8. The maximum Gasteiger partial charge on any atom is 0.345 e. The molecular weight excluding hydrogens is 328 g/mol. The Balaban J connectivity index is 3.17. The van der Waals surface area contributed by atoms with Crippen molar-refractivity contribution >= 4 is 5.97 Å². The highest BCUT2D eigenvalue weighted by atomic mass is 16.5. The average molecular weight is 360 g/mol. The van der Waals surface area contributed by atoms with E-state index >= 15 is 0 Å². The first-order chi connectivity index (χ1) is 12.4. The molecule has 0 amide bonds. The molecule has 0 aromatic heterocycles. The predicted octanol–water partition coefficient (Wildman–Crippen LogP) is 5.22. The quantitative estimate of drug-likeness (QED) is 0.401. The topological polar surface area (TPSA) is 44.8 Å². The molecule has 1 aromatic rings. The van der Waals surface area contributed by atoms with Gasteiger partial charge < -0.3 is 14.2 Å². The monoisotopic (exact) mass is 360 g/mol. The van der Waals surface area contributed by atoms with E-state index in [4.69, 9.17) is 14.2 Å². The molecule has 0 bridgehead atoms. The maximum atomic E-state index is 12.8. The van der Waals surface area contributed by atoms with Gasteiger partial charge in [-0.05, 0) is 37.3 Å². The van der Waals surface area contributed by atoms with E-state index < -0.39 is 5.97 Å². The third-order valence-electron chi connectivity index (χ3n) is 3.96. The number of hydrogen-bond acceptors (Lipinski definition) is 4. The molecule has 1 aromatic carbocycles. The van der Waals surface area contributed by atoms with E-state index in [1.807, 2.05) is 38.1 Å². The van der Waals surface area contributed by atoms with Gasteiger partial charge in [0.15, 0.2) is 0 Å². The summed E-state index contributed by atoms with van der Waals surface area (Å²) in [5, 5.41) is 0. The summed E-state index contributed by atoms with van der Waals surface area (Å²) in [5.41, 5.74) is 1.34. The number of allylic oxidation sites excluding steroid dienone is 1. The van der Waals surface area contributed by atoms with Gasteiger partial charge in [0.1, 0.15) is 23.7 Å². The summed E-state index contributed by atoms with van der Waals surface area (Å²) in [5.74, 6) is 1.28. The second-order valence-electron chi connectivity index (χ2n) is 6.76. The average Bonchev–Trinajstić information content (AvgIpc) is 2.62. The molecule has 0 saturated carbocycles. The van der Waals surface area contributed by atoms with Gasteiger partial charge in [-0.1, -0.05) is 51.6 Å². The van der Waals surface area contributed by atoms with Crippen LogP contribution in [0.5, 0.6) is 11.5 Å². The highest BCUT2D eigenvalue weighted by Crippen LogP contribution is 2.34. The Hall–Kier alpha value is -2.23. The zero-order valence-corrected chi connectivity index (χ0v) is 16.7. The normalized spacial score (nSPS) is 12.2. The minimum atomic E-state index is -0.427. The highest BCUT2D eigenvalue weighted by molar-refractivity contribution is 5.96. The summed E-state index contributed by atoms with van der Waals surface area (Å²) >= 11 is 0. The van der Waals surface area contributed by atoms with Crippen molar-refractivity contribution in [1.29, 1.82) is 0 Å². The van der Waals surface area contributed by atoms with Crippen molar-refractivity contribution in [2.75, 3.05) is 20.3 Å². The molecule has 144 valence electrons. The zero-order chi connectivity index (χ0) is 19.5. The highest BCUT2D eigenvalue weighted by Gasteiger charge is 2.23. The summed E-state index contributed by atoms with van der Waals surface area (Å²) in [6.45, 7) is 12.6. The van der Waals surface area contributed by atoms with Crippen LogP contribution < -0.4 is 9.47 Å². The van der Waals surface area contributed by atoms with E-state index in [2.05, 4.69) is 20.4 Å². The van der Waals surface area contributed by atoms with Gasteiger partial charge >= 0.3 is 5.97 Å². The van der Waals surface area contributed by atoms with E-state index in [-0.39, 0.29) is 5.92 Å². The smallest absolute Gasteiger partial charge is 0.345 e. The molecule has 0 aliphatic heterocycles. The lowest BCUT2D eigenvalue weighted by molar-refractivity contribution is 0.0464. The number of aryl methyl sites for hydroxylation is 1. The van der Waals surface area contributed by atoms with Crippen LogP contribution in [0.2, 0.25) is 0 Å². The van der Waals surface area contributed by atoms with E-state index in [0.29, 0.717) is 36.2 Å². The van der Waals surface area contributed by atoms with E-state index in [0.717, 1.165) is 18.4 Å². The van der Waals surface area contributed by atoms with Crippen LogP contribution in [0, 0.1) is 11.8 Å². The van der Waals surface area contributed by atoms with Crippen molar-refractivity contribution in [1.82, 2.24) is 0 Å². The Kier molecular flexibility index (Phi) is 9.56. The molecule has 0 spiro atoms. The van der Waals surface area contributed by atoms with E-state index in [1.165, 1.54) is 0 Å². The molecular formula is C22H32O4. The summed E-state index contributed by atoms with van der Waals surface area (Å²) < 4.78 is 16.8. The molecule has 1 unspecified atom stereocenters. The van der Waals surface area contributed by atoms with Crippen molar-refractivity contribution in [2.24, 2.45) is 11.8 Å². The standard InChI is InChI=1S/C22H32O4/c1-7-9-17(5)15-26-22(23)20-19(25-14-8-2)13-12-18(21(20)24-6)11-10-16(3)4/h7-9,12-13,16-17H,2,10-11,14-15H2,1,3-6H3/b9-7+. The van der Waals surface area contributed by atoms with Gasteiger partial charge in [-0.25, -0.2) is 4.79 Å². The zero-order valence-electron chi connectivity index (χ0n) is 16.7. The summed E-state index contributed by atoms with van der Waals surface area (Å²) in [6, 6.07) is 3.77. The lowest BCUT2D eigenvalue weighted by Crippen LogP contribution is -2.15. The summed E-state index contributed by atoms with van der Waals surface area (Å²) in [6.07, 6.45) is 7.43. The van der Waals surface area contributed by atoms with Gasteiger partial charge in [-0.15, -0.1) is 0 Å².